The van der Waals surface area contributed by atoms with E-state index in [1.165, 1.54) is 10.6 Å². The number of amides is 2. The highest BCUT2D eigenvalue weighted by Gasteiger charge is 2.51. The normalized spacial score (nSPS) is 22.3. The van der Waals surface area contributed by atoms with Crippen LogP contribution < -0.4 is 36.0 Å². The van der Waals surface area contributed by atoms with Gasteiger partial charge in [0.05, 0.1) is 46.3 Å². The summed E-state index contributed by atoms with van der Waals surface area (Å²) >= 11 is 6.62. The minimum Gasteiger partial charge on any atom is -0.480 e. The van der Waals surface area contributed by atoms with Crippen LogP contribution in [0.5, 0.6) is 5.75 Å². The lowest BCUT2D eigenvalue weighted by atomic mass is 9.92. The average Bonchev–Trinajstić information content (AvgIpc) is 4.06. The highest BCUT2D eigenvalue weighted by atomic mass is 35.5. The Morgan fingerprint density at radius 2 is 1.71 bits per heavy atom. The second-order valence-electron chi connectivity index (χ2n) is 17.4. The van der Waals surface area contributed by atoms with Crippen molar-refractivity contribution in [2.75, 3.05) is 72.9 Å². The maximum atomic E-state index is 15.7. The monoisotopic (exact) mass is 873 g/mol. The van der Waals surface area contributed by atoms with Gasteiger partial charge in [-0.15, -0.1) is 0 Å². The molecule has 5 aromatic rings. The molecule has 15 nitrogen and oxygen atoms in total. The Morgan fingerprint density at radius 3 is 2.45 bits per heavy atom. The molecule has 1 saturated carbocycles. The number of imide groups is 1. The van der Waals surface area contributed by atoms with E-state index in [4.69, 9.17) is 21.3 Å². The number of anilines is 5. The van der Waals surface area contributed by atoms with E-state index in [-0.39, 0.29) is 35.5 Å². The minimum absolute atomic E-state index is 0.119. The number of fused-ring (bicyclic) bond motifs is 4. The van der Waals surface area contributed by atoms with Crippen LogP contribution in [0, 0.1) is 17.7 Å². The Hall–Kier alpha value is -5.62. The van der Waals surface area contributed by atoms with Gasteiger partial charge in [0.1, 0.15) is 10.8 Å². The number of pyridine rings is 1. The zero-order valence-corrected chi connectivity index (χ0v) is 35.2. The molecule has 62 heavy (non-hydrogen) atoms. The molecule has 3 aromatic heterocycles. The first-order chi connectivity index (χ1) is 29.8. The van der Waals surface area contributed by atoms with E-state index in [0.717, 1.165) is 51.1 Å². The SMILES string of the molecule is Cn1nc(C2CCC(=O)NC2=O)c2cc(F)c(N3CCN(CC4CCN(c5ncc(Cl)c(Nc6ccc7c(c6)c6c(c(=O)n7C)OCC(F)(F)C(C7CC7)N6)n5)CC4)CC3)cc21. The molecular weight excluding hydrogens is 827 g/mol. The van der Waals surface area contributed by atoms with Crippen molar-refractivity contribution in [1.82, 2.24) is 34.5 Å². The Balaban J connectivity index is 0.770. The summed E-state index contributed by atoms with van der Waals surface area (Å²) in [6.45, 7) is 4.53. The molecule has 0 spiro atoms. The predicted molar refractivity (Wildman–Crippen MR) is 229 cm³/mol. The molecule has 2 aromatic carbocycles. The molecule has 3 saturated heterocycles. The van der Waals surface area contributed by atoms with Gasteiger partial charge in [-0.3, -0.25) is 29.3 Å². The smallest absolute Gasteiger partial charge is 0.301 e. The summed E-state index contributed by atoms with van der Waals surface area (Å²) in [6.07, 6.45) is 5.42. The quantitative estimate of drug-likeness (QED) is 0.168. The summed E-state index contributed by atoms with van der Waals surface area (Å²) in [7, 11) is 3.38. The van der Waals surface area contributed by atoms with Gasteiger partial charge in [0.2, 0.25) is 23.5 Å². The van der Waals surface area contributed by atoms with Crippen LogP contribution in [0.25, 0.3) is 21.8 Å². The van der Waals surface area contributed by atoms with Gasteiger partial charge in [-0.1, -0.05) is 11.6 Å². The average molecular weight is 874 g/mol. The fourth-order valence-corrected chi connectivity index (χ4v) is 9.76. The molecule has 1 aliphatic carbocycles. The number of rotatable bonds is 8. The number of ether oxygens (including phenoxy) is 1. The third kappa shape index (κ3) is 7.43. The molecule has 4 aliphatic heterocycles. The fourth-order valence-electron chi connectivity index (χ4n) is 9.62. The van der Waals surface area contributed by atoms with Gasteiger partial charge in [0.15, 0.2) is 12.4 Å². The first-order valence-corrected chi connectivity index (χ1v) is 21.6. The molecule has 5 aliphatic rings. The third-order valence-corrected chi connectivity index (χ3v) is 13.5. The number of nitrogens with zero attached hydrogens (tertiary/aromatic N) is 8. The van der Waals surface area contributed by atoms with Crippen molar-refractivity contribution in [3.63, 3.8) is 0 Å². The Labute approximate surface area is 359 Å². The first-order valence-electron chi connectivity index (χ1n) is 21.3. The third-order valence-electron chi connectivity index (χ3n) is 13.2. The number of benzene rings is 2. The van der Waals surface area contributed by atoms with Crippen LogP contribution in [0.15, 0.2) is 41.3 Å². The number of piperidine rings is 2. The molecule has 7 heterocycles. The number of piperazine rings is 1. The number of hydrogen-bond donors (Lipinski definition) is 3. The lowest BCUT2D eigenvalue weighted by Crippen LogP contribution is -2.49. The van der Waals surface area contributed by atoms with E-state index in [1.54, 1.807) is 43.2 Å². The molecule has 0 radical (unpaired) electrons. The van der Waals surface area contributed by atoms with Crippen molar-refractivity contribution < 1.29 is 27.5 Å². The van der Waals surface area contributed by atoms with Gasteiger partial charge in [0.25, 0.3) is 5.56 Å². The molecule has 326 valence electrons. The van der Waals surface area contributed by atoms with Crippen LogP contribution in [-0.4, -0.2) is 105 Å². The topological polar surface area (TPSA) is 155 Å². The zero-order chi connectivity index (χ0) is 43.0. The number of carbonyl (C=O) groups is 2. The van der Waals surface area contributed by atoms with E-state index in [2.05, 4.69) is 40.7 Å². The Bertz CT molecular complexity index is 2670. The van der Waals surface area contributed by atoms with Crippen LogP contribution in [0.3, 0.4) is 0 Å². The summed E-state index contributed by atoms with van der Waals surface area (Å²) in [5, 5.41) is 14.7. The van der Waals surface area contributed by atoms with Crippen LogP contribution in [0.2, 0.25) is 5.02 Å². The maximum absolute atomic E-state index is 15.7. The van der Waals surface area contributed by atoms with E-state index in [9.17, 15) is 14.4 Å². The summed E-state index contributed by atoms with van der Waals surface area (Å²) in [5.74, 6) is -3.69. The fraction of sp³-hybridized carbons (Fsp3) is 0.488. The summed E-state index contributed by atoms with van der Waals surface area (Å²) in [6, 6.07) is 7.50. The van der Waals surface area contributed by atoms with Gasteiger partial charge in [-0.25, -0.2) is 18.2 Å². The van der Waals surface area contributed by atoms with Crippen molar-refractivity contribution in [2.24, 2.45) is 25.9 Å². The van der Waals surface area contributed by atoms with E-state index >= 15 is 13.2 Å². The van der Waals surface area contributed by atoms with Crippen molar-refractivity contribution in [3.8, 4) is 5.75 Å². The number of aryl methyl sites for hydroxylation is 2. The number of halogens is 4. The summed E-state index contributed by atoms with van der Waals surface area (Å²) < 4.78 is 54.6. The maximum Gasteiger partial charge on any atom is 0.301 e. The molecule has 3 N–H and O–H groups in total. The largest absolute Gasteiger partial charge is 0.480 e. The molecule has 4 fully saturated rings. The predicted octanol–water partition coefficient (Wildman–Crippen LogP) is 5.53. The lowest BCUT2D eigenvalue weighted by molar-refractivity contribution is -0.134. The van der Waals surface area contributed by atoms with Crippen molar-refractivity contribution in [2.45, 2.75) is 56.4 Å². The molecule has 0 bridgehead atoms. The molecular formula is C43H47ClF3N11O4. The number of nitrogens with one attached hydrogen (secondary N) is 3. The number of carbonyl (C=O) groups excluding carboxylic acids is 2. The molecule has 10 rings (SSSR count). The van der Waals surface area contributed by atoms with Crippen molar-refractivity contribution >= 4 is 74.0 Å². The summed E-state index contributed by atoms with van der Waals surface area (Å²) in [4.78, 5) is 53.5. The Morgan fingerprint density at radius 1 is 0.935 bits per heavy atom. The summed E-state index contributed by atoms with van der Waals surface area (Å²) in [5.41, 5.74) is 2.70. The molecule has 2 amide bonds. The second-order valence-corrected chi connectivity index (χ2v) is 17.8. The molecule has 2 unspecified atom stereocenters. The van der Waals surface area contributed by atoms with Gasteiger partial charge >= 0.3 is 5.92 Å². The number of hydrogen-bond acceptors (Lipinski definition) is 12. The van der Waals surface area contributed by atoms with Gasteiger partial charge in [0, 0.05) is 82.8 Å². The number of alkyl halides is 2. The zero-order valence-electron chi connectivity index (χ0n) is 34.4. The van der Waals surface area contributed by atoms with Crippen LogP contribution in [0.4, 0.5) is 42.0 Å². The lowest BCUT2D eigenvalue weighted by Gasteiger charge is -2.39. The van der Waals surface area contributed by atoms with E-state index in [0.29, 0.717) is 88.4 Å². The standard InChI is InChI=1S/C43H47ClF3N11O4/c1-54-31-7-5-25(17-27(31)36-37(41(54)61)62-22-43(46,47)38(51-36)24-3-4-24)49-39-29(44)20-48-42(52-39)58-11-9-23(10-12-58)21-56-13-15-57(16-14-56)33-19-32-28(18-30(33)45)35(53-55(32)2)26-6-8-34(59)50-40(26)60/h5,7,17-20,23-24,26,38,51H,3-4,6,8-16,21-22H2,1-2H3,(H,48,49,52)(H,50,59,60). The van der Waals surface area contributed by atoms with Gasteiger partial charge in [-0.2, -0.15) is 10.1 Å². The van der Waals surface area contributed by atoms with E-state index in [1.807, 2.05) is 6.07 Å². The van der Waals surface area contributed by atoms with E-state index < -0.39 is 36.0 Å². The van der Waals surface area contributed by atoms with Crippen LogP contribution in [-0.2, 0) is 23.7 Å². The van der Waals surface area contributed by atoms with Crippen molar-refractivity contribution in [3.05, 3.63) is 63.4 Å². The Kier molecular flexibility index (Phi) is 10.2. The van der Waals surface area contributed by atoms with Crippen LogP contribution in [0.1, 0.15) is 50.1 Å². The molecule has 2 atom stereocenters. The second kappa shape index (κ2) is 15.6. The van der Waals surface area contributed by atoms with Gasteiger partial charge < -0.3 is 29.7 Å². The minimum atomic E-state index is -3.14. The van der Waals surface area contributed by atoms with Gasteiger partial charge in [-0.05, 0) is 74.3 Å². The van der Waals surface area contributed by atoms with Crippen molar-refractivity contribution in [1.29, 1.82) is 0 Å². The highest BCUT2D eigenvalue weighted by molar-refractivity contribution is 6.33. The van der Waals surface area contributed by atoms with Crippen LogP contribution >= 0.6 is 11.6 Å². The first kappa shape index (κ1) is 40.5. The number of aromatic nitrogens is 5. The highest BCUT2D eigenvalue weighted by Crippen LogP contribution is 2.46. The molecule has 19 heteroatoms.